The molecule has 4 nitrogen and oxygen atoms in total. The summed E-state index contributed by atoms with van der Waals surface area (Å²) >= 11 is 0. The number of hydrogen-bond donors (Lipinski definition) is 0. The van der Waals surface area contributed by atoms with E-state index < -0.39 is 9.05 Å². The zero-order chi connectivity index (χ0) is 11.2. The highest BCUT2D eigenvalue weighted by Crippen LogP contribution is 2.29. The molecular formula is C9H8ClNO3S. The Labute approximate surface area is 91.3 Å². The van der Waals surface area contributed by atoms with Crippen molar-refractivity contribution in [2.75, 3.05) is 0 Å². The molecule has 6 heteroatoms. The van der Waals surface area contributed by atoms with E-state index in [0.717, 1.165) is 0 Å². The van der Waals surface area contributed by atoms with Crippen LogP contribution in [0.15, 0.2) is 21.4 Å². The third kappa shape index (κ3) is 1.72. The third-order valence-corrected chi connectivity index (χ3v) is 3.52. The van der Waals surface area contributed by atoms with Crippen molar-refractivity contribution >= 4 is 30.8 Å². The quantitative estimate of drug-likeness (QED) is 0.724. The van der Waals surface area contributed by atoms with Crippen LogP contribution in [0.5, 0.6) is 0 Å². The van der Waals surface area contributed by atoms with Gasteiger partial charge in [-0.3, -0.25) is 0 Å². The number of benzene rings is 1. The van der Waals surface area contributed by atoms with Crippen molar-refractivity contribution in [1.29, 1.82) is 0 Å². The molecule has 0 saturated heterocycles. The fourth-order valence-electron chi connectivity index (χ4n) is 1.48. The summed E-state index contributed by atoms with van der Waals surface area (Å²) in [7, 11) is 1.53. The van der Waals surface area contributed by atoms with Crippen molar-refractivity contribution in [2.45, 2.75) is 18.7 Å². The highest BCUT2D eigenvalue weighted by Gasteiger charge is 2.21. The monoisotopic (exact) mass is 245 g/mol. The Bertz CT molecular complexity index is 630. The molecule has 0 aliphatic carbocycles. The van der Waals surface area contributed by atoms with Gasteiger partial charge in [0.1, 0.15) is 10.4 Å². The van der Waals surface area contributed by atoms with Gasteiger partial charge in [0.05, 0.1) is 0 Å². The van der Waals surface area contributed by atoms with Gasteiger partial charge in [0, 0.05) is 17.6 Å². The molecule has 1 aromatic carbocycles. The number of oxazole rings is 1. The maximum absolute atomic E-state index is 11.4. The number of nitrogens with zero attached hydrogens (tertiary/aromatic N) is 1. The van der Waals surface area contributed by atoms with Gasteiger partial charge in [-0.15, -0.1) is 0 Å². The van der Waals surface area contributed by atoms with E-state index in [4.69, 9.17) is 15.1 Å². The Morgan fingerprint density at radius 2 is 2.00 bits per heavy atom. The van der Waals surface area contributed by atoms with Gasteiger partial charge in [-0.05, 0) is 18.6 Å². The Balaban J connectivity index is 2.98. The highest BCUT2D eigenvalue weighted by molar-refractivity contribution is 8.14. The first-order valence-electron chi connectivity index (χ1n) is 4.21. The molecule has 0 aliphatic rings. The predicted molar refractivity (Wildman–Crippen MR) is 56.5 cm³/mol. The number of fused-ring (bicyclic) bond motifs is 1. The van der Waals surface area contributed by atoms with Gasteiger partial charge in [-0.25, -0.2) is 13.4 Å². The summed E-state index contributed by atoms with van der Waals surface area (Å²) in [6.07, 6.45) is 0. The topological polar surface area (TPSA) is 60.2 Å². The maximum Gasteiger partial charge on any atom is 0.265 e. The van der Waals surface area contributed by atoms with Gasteiger partial charge < -0.3 is 4.42 Å². The van der Waals surface area contributed by atoms with E-state index in [2.05, 4.69) is 4.98 Å². The number of rotatable bonds is 1. The van der Waals surface area contributed by atoms with Crippen LogP contribution >= 0.6 is 10.7 Å². The molecule has 0 unspecified atom stereocenters. The molecule has 0 N–H and O–H groups in total. The Hall–Kier alpha value is -1.07. The molecule has 2 rings (SSSR count). The lowest BCUT2D eigenvalue weighted by molar-refractivity contribution is 0.551. The largest absolute Gasteiger partial charge is 0.440 e. The molecule has 1 aromatic heterocycles. The summed E-state index contributed by atoms with van der Waals surface area (Å²) in [6.45, 7) is 3.31. The summed E-state index contributed by atoms with van der Waals surface area (Å²) in [4.78, 5) is 4.04. The van der Waals surface area contributed by atoms with Crippen LogP contribution in [-0.2, 0) is 9.05 Å². The standard InChI is InChI=1S/C9H8ClNO3S/c1-5-3-4-7-8(14-6(2)11-7)9(5)15(10,12)13/h3-4H,1-2H3. The fourth-order valence-corrected chi connectivity index (χ4v) is 2.88. The molecule has 80 valence electrons. The van der Waals surface area contributed by atoms with Gasteiger partial charge in [0.2, 0.25) is 0 Å². The van der Waals surface area contributed by atoms with E-state index in [1.54, 1.807) is 26.0 Å². The first-order valence-corrected chi connectivity index (χ1v) is 6.52. The summed E-state index contributed by atoms with van der Waals surface area (Å²) in [5.74, 6) is 0.414. The first kappa shape index (κ1) is 10.4. The predicted octanol–water partition coefficient (Wildman–Crippen LogP) is 2.37. The van der Waals surface area contributed by atoms with E-state index in [0.29, 0.717) is 17.0 Å². The van der Waals surface area contributed by atoms with Crippen molar-refractivity contribution in [3.8, 4) is 0 Å². The molecule has 0 fully saturated rings. The van der Waals surface area contributed by atoms with E-state index in [-0.39, 0.29) is 10.5 Å². The summed E-state index contributed by atoms with van der Waals surface area (Å²) < 4.78 is 27.9. The Kier molecular flexibility index (Phi) is 2.24. The second-order valence-corrected chi connectivity index (χ2v) is 5.73. The number of halogens is 1. The van der Waals surface area contributed by atoms with Crippen LogP contribution in [0.3, 0.4) is 0 Å². The molecule has 2 aromatic rings. The van der Waals surface area contributed by atoms with Crippen LogP contribution in [0.1, 0.15) is 11.5 Å². The van der Waals surface area contributed by atoms with Crippen molar-refractivity contribution in [2.24, 2.45) is 0 Å². The van der Waals surface area contributed by atoms with Gasteiger partial charge in [0.15, 0.2) is 11.5 Å². The third-order valence-electron chi connectivity index (χ3n) is 2.06. The zero-order valence-corrected chi connectivity index (χ0v) is 9.69. The smallest absolute Gasteiger partial charge is 0.265 e. The maximum atomic E-state index is 11.4. The molecule has 0 radical (unpaired) electrons. The minimum atomic E-state index is -3.81. The van der Waals surface area contributed by atoms with E-state index in [9.17, 15) is 8.42 Å². The fraction of sp³-hybridized carbons (Fsp3) is 0.222. The van der Waals surface area contributed by atoms with Crippen molar-refractivity contribution in [1.82, 2.24) is 4.98 Å². The molecule has 0 saturated carbocycles. The number of hydrogen-bond acceptors (Lipinski definition) is 4. The van der Waals surface area contributed by atoms with Crippen molar-refractivity contribution in [3.63, 3.8) is 0 Å². The van der Waals surface area contributed by atoms with Crippen LogP contribution in [0.25, 0.3) is 11.1 Å². The minimum Gasteiger partial charge on any atom is -0.440 e. The van der Waals surface area contributed by atoms with Crippen LogP contribution in [0, 0.1) is 13.8 Å². The molecule has 0 spiro atoms. The average Bonchev–Trinajstić information content (AvgIpc) is 2.41. The van der Waals surface area contributed by atoms with Gasteiger partial charge in [0.25, 0.3) is 9.05 Å². The van der Waals surface area contributed by atoms with Crippen LogP contribution in [-0.4, -0.2) is 13.4 Å². The molecule has 0 aliphatic heterocycles. The Morgan fingerprint density at radius 3 is 2.60 bits per heavy atom. The summed E-state index contributed by atoms with van der Waals surface area (Å²) in [6, 6.07) is 3.35. The van der Waals surface area contributed by atoms with Gasteiger partial charge >= 0.3 is 0 Å². The number of aromatic nitrogens is 1. The zero-order valence-electron chi connectivity index (χ0n) is 8.11. The van der Waals surface area contributed by atoms with Crippen molar-refractivity contribution < 1.29 is 12.8 Å². The van der Waals surface area contributed by atoms with Crippen molar-refractivity contribution in [3.05, 3.63) is 23.6 Å². The molecule has 0 atom stereocenters. The Morgan fingerprint density at radius 1 is 1.33 bits per heavy atom. The van der Waals surface area contributed by atoms with E-state index in [1.807, 2.05) is 0 Å². The molecule has 1 heterocycles. The van der Waals surface area contributed by atoms with Crippen LogP contribution in [0.2, 0.25) is 0 Å². The van der Waals surface area contributed by atoms with E-state index in [1.165, 1.54) is 0 Å². The minimum absolute atomic E-state index is 0.00210. The summed E-state index contributed by atoms with van der Waals surface area (Å²) in [5, 5.41) is 0. The van der Waals surface area contributed by atoms with Gasteiger partial charge in [-0.2, -0.15) is 0 Å². The molecular weight excluding hydrogens is 238 g/mol. The second kappa shape index (κ2) is 3.21. The normalized spacial score (nSPS) is 12.2. The second-order valence-electron chi connectivity index (χ2n) is 3.23. The highest BCUT2D eigenvalue weighted by atomic mass is 35.7. The number of aryl methyl sites for hydroxylation is 2. The van der Waals surface area contributed by atoms with E-state index >= 15 is 0 Å². The average molecular weight is 246 g/mol. The molecule has 0 bridgehead atoms. The van der Waals surface area contributed by atoms with Crippen LogP contribution < -0.4 is 0 Å². The van der Waals surface area contributed by atoms with Gasteiger partial charge in [-0.1, -0.05) is 6.07 Å². The lowest BCUT2D eigenvalue weighted by Crippen LogP contribution is -1.94. The summed E-state index contributed by atoms with van der Waals surface area (Å²) in [5.41, 5.74) is 1.27. The van der Waals surface area contributed by atoms with Crippen LogP contribution in [0.4, 0.5) is 0 Å². The molecule has 0 amide bonds. The molecule has 15 heavy (non-hydrogen) atoms. The SMILES string of the molecule is Cc1nc2ccc(C)c(S(=O)(=O)Cl)c2o1. The lowest BCUT2D eigenvalue weighted by Gasteiger charge is -2.00. The first-order chi connectivity index (χ1) is 6.89. The lowest BCUT2D eigenvalue weighted by atomic mass is 10.2.